The molecule has 84 valence electrons. The van der Waals surface area contributed by atoms with Crippen LogP contribution in [0.4, 0.5) is 5.82 Å². The molecule has 16 heavy (non-hydrogen) atoms. The highest BCUT2D eigenvalue weighted by Gasteiger charge is 2.23. The number of rotatable bonds is 3. The molecule has 0 radical (unpaired) electrons. The van der Waals surface area contributed by atoms with Gasteiger partial charge in [-0.2, -0.15) is 5.10 Å². The molecule has 0 N–H and O–H groups in total. The maximum absolute atomic E-state index is 10.6. The lowest BCUT2D eigenvalue weighted by molar-refractivity contribution is -0.391. The van der Waals surface area contributed by atoms with Gasteiger partial charge in [-0.05, 0) is 11.0 Å². The van der Waals surface area contributed by atoms with Crippen LogP contribution >= 0.6 is 12.6 Å². The summed E-state index contributed by atoms with van der Waals surface area (Å²) in [6, 6.07) is 1.75. The van der Waals surface area contributed by atoms with Crippen molar-refractivity contribution in [2.24, 2.45) is 7.05 Å². The van der Waals surface area contributed by atoms with E-state index in [1.807, 2.05) is 0 Å². The molecule has 0 aliphatic rings. The minimum atomic E-state index is -0.486. The maximum Gasteiger partial charge on any atom is 0.342 e. The summed E-state index contributed by atoms with van der Waals surface area (Å²) in [6.45, 7) is 0. The summed E-state index contributed by atoms with van der Waals surface area (Å²) < 4.78 is 2.95. The molecule has 0 saturated carbocycles. The molecule has 0 saturated heterocycles. The highest BCUT2D eigenvalue weighted by molar-refractivity contribution is 7.80. The lowest BCUT2D eigenvalue weighted by Crippen LogP contribution is -2.11. The van der Waals surface area contributed by atoms with Gasteiger partial charge in [-0.25, -0.2) is 14.2 Å². The topological polar surface area (TPSA) is 78.8 Å². The Labute approximate surface area is 96.3 Å². The molecular formula is C8H9N5O2S. The van der Waals surface area contributed by atoms with Crippen LogP contribution < -0.4 is 0 Å². The fourth-order valence-corrected chi connectivity index (χ4v) is 1.74. The molecular weight excluding hydrogens is 230 g/mol. The van der Waals surface area contributed by atoms with E-state index >= 15 is 0 Å². The average molecular weight is 239 g/mol. The molecule has 2 heterocycles. The Balaban J connectivity index is 2.38. The highest BCUT2D eigenvalue weighted by Crippen LogP contribution is 2.23. The monoisotopic (exact) mass is 239 g/mol. The second-order valence-electron chi connectivity index (χ2n) is 3.15. The molecule has 0 spiro atoms. The van der Waals surface area contributed by atoms with Crippen LogP contribution in [0.5, 0.6) is 0 Å². The van der Waals surface area contributed by atoms with E-state index in [0.717, 1.165) is 0 Å². The predicted molar refractivity (Wildman–Crippen MR) is 59.2 cm³/mol. The van der Waals surface area contributed by atoms with Gasteiger partial charge in [0.2, 0.25) is 5.82 Å². The van der Waals surface area contributed by atoms with Gasteiger partial charge in [-0.3, -0.25) is 0 Å². The first-order valence-corrected chi connectivity index (χ1v) is 4.96. The molecule has 0 aromatic carbocycles. The number of nitrogens with zero attached hydrogens (tertiary/aromatic N) is 5. The minimum Gasteiger partial charge on any atom is -0.358 e. The van der Waals surface area contributed by atoms with Crippen LogP contribution in [-0.4, -0.2) is 24.3 Å². The summed E-state index contributed by atoms with van der Waals surface area (Å²) in [5, 5.41) is 14.2. The number of hydrogen-bond donors (Lipinski definition) is 1. The molecule has 0 aliphatic carbocycles. The zero-order chi connectivity index (χ0) is 11.7. The van der Waals surface area contributed by atoms with Gasteiger partial charge in [0.1, 0.15) is 6.20 Å². The quantitative estimate of drug-likeness (QED) is 0.492. The molecule has 0 fully saturated rings. The molecule has 8 heteroatoms. The fraction of sp³-hybridized carbons (Fsp3) is 0.250. The molecule has 0 aliphatic heterocycles. The summed E-state index contributed by atoms with van der Waals surface area (Å²) >= 11 is 4.32. The van der Waals surface area contributed by atoms with Crippen molar-refractivity contribution in [3.63, 3.8) is 0 Å². The van der Waals surface area contributed by atoms with Crippen molar-refractivity contribution in [2.45, 2.75) is 5.37 Å². The van der Waals surface area contributed by atoms with Crippen molar-refractivity contribution in [2.75, 3.05) is 0 Å². The highest BCUT2D eigenvalue weighted by atomic mass is 32.1. The zero-order valence-electron chi connectivity index (χ0n) is 8.39. The van der Waals surface area contributed by atoms with Crippen molar-refractivity contribution in [1.82, 2.24) is 19.3 Å². The average Bonchev–Trinajstić information content (AvgIpc) is 2.84. The van der Waals surface area contributed by atoms with Gasteiger partial charge in [0.15, 0.2) is 5.37 Å². The number of aromatic nitrogens is 4. The number of imidazole rings is 1. The predicted octanol–water partition coefficient (Wildman–Crippen LogP) is 1.00. The standard InChI is InChI=1S/C8H9N5O2S/c1-11-6(13(14)15)5-9-7(11)8(16)12-4-2-3-10-12/h2-5,8,16H,1H3. The lowest BCUT2D eigenvalue weighted by atomic mass is 10.5. The van der Waals surface area contributed by atoms with Crippen LogP contribution in [0.2, 0.25) is 0 Å². The van der Waals surface area contributed by atoms with E-state index in [1.165, 1.54) is 10.8 Å². The van der Waals surface area contributed by atoms with Crippen LogP contribution in [0, 0.1) is 10.1 Å². The van der Waals surface area contributed by atoms with Crippen molar-refractivity contribution < 1.29 is 4.92 Å². The molecule has 2 rings (SSSR count). The molecule has 1 unspecified atom stereocenters. The van der Waals surface area contributed by atoms with Crippen LogP contribution in [-0.2, 0) is 7.05 Å². The Bertz CT molecular complexity index is 506. The van der Waals surface area contributed by atoms with Gasteiger partial charge in [0.25, 0.3) is 0 Å². The third-order valence-corrected chi connectivity index (χ3v) is 2.66. The van der Waals surface area contributed by atoms with E-state index in [4.69, 9.17) is 0 Å². The fourth-order valence-electron chi connectivity index (χ4n) is 1.37. The first kappa shape index (κ1) is 10.7. The molecule has 7 nitrogen and oxygen atoms in total. The summed E-state index contributed by atoms with van der Waals surface area (Å²) in [5.41, 5.74) is 0. The maximum atomic E-state index is 10.6. The van der Waals surface area contributed by atoms with Crippen LogP contribution in [0.25, 0.3) is 0 Å². The molecule has 0 bridgehead atoms. The number of nitro groups is 1. The summed E-state index contributed by atoms with van der Waals surface area (Å²) in [5.74, 6) is 0.403. The zero-order valence-corrected chi connectivity index (χ0v) is 9.28. The second-order valence-corrected chi connectivity index (χ2v) is 3.64. The molecule has 2 aromatic heterocycles. The van der Waals surface area contributed by atoms with E-state index < -0.39 is 10.3 Å². The molecule has 2 aromatic rings. The number of thiol groups is 1. The Morgan fingerprint density at radius 2 is 2.38 bits per heavy atom. The van der Waals surface area contributed by atoms with Gasteiger partial charge < -0.3 is 10.1 Å². The van der Waals surface area contributed by atoms with Crippen LogP contribution in [0.3, 0.4) is 0 Å². The van der Waals surface area contributed by atoms with Crippen LogP contribution in [0.1, 0.15) is 11.2 Å². The normalized spacial score (nSPS) is 12.6. The largest absolute Gasteiger partial charge is 0.358 e. The van der Waals surface area contributed by atoms with E-state index in [0.29, 0.717) is 5.82 Å². The minimum absolute atomic E-state index is 0.0683. The van der Waals surface area contributed by atoms with E-state index in [-0.39, 0.29) is 5.82 Å². The SMILES string of the molecule is Cn1c([N+](=O)[O-])cnc1C(S)n1cccn1. The third kappa shape index (κ3) is 1.67. The summed E-state index contributed by atoms with van der Waals surface area (Å²) in [7, 11) is 1.58. The Kier molecular flexibility index (Phi) is 2.65. The second kappa shape index (κ2) is 3.97. The van der Waals surface area contributed by atoms with Gasteiger partial charge in [-0.15, -0.1) is 12.6 Å². The summed E-state index contributed by atoms with van der Waals surface area (Å²) in [6.07, 6.45) is 4.54. The van der Waals surface area contributed by atoms with Crippen molar-refractivity contribution >= 4 is 18.4 Å². The smallest absolute Gasteiger partial charge is 0.342 e. The van der Waals surface area contributed by atoms with Gasteiger partial charge in [0.05, 0.1) is 7.05 Å². The lowest BCUT2D eigenvalue weighted by Gasteiger charge is -2.07. The van der Waals surface area contributed by atoms with Crippen LogP contribution in [0.15, 0.2) is 24.7 Å². The Morgan fingerprint density at radius 3 is 2.88 bits per heavy atom. The third-order valence-electron chi connectivity index (χ3n) is 2.19. The summed E-state index contributed by atoms with van der Waals surface area (Å²) in [4.78, 5) is 14.1. The molecule has 1 atom stereocenters. The van der Waals surface area contributed by atoms with E-state index in [1.54, 1.807) is 30.2 Å². The number of hydrogen-bond acceptors (Lipinski definition) is 5. The van der Waals surface area contributed by atoms with E-state index in [2.05, 4.69) is 22.7 Å². The van der Waals surface area contributed by atoms with E-state index in [9.17, 15) is 10.1 Å². The van der Waals surface area contributed by atoms with Crippen molar-refractivity contribution in [3.8, 4) is 0 Å². The van der Waals surface area contributed by atoms with Gasteiger partial charge >= 0.3 is 5.82 Å². The van der Waals surface area contributed by atoms with Crippen molar-refractivity contribution in [3.05, 3.63) is 40.6 Å². The Hall–Kier alpha value is -1.83. The first-order valence-electron chi connectivity index (χ1n) is 4.44. The van der Waals surface area contributed by atoms with Gasteiger partial charge in [-0.1, -0.05) is 0 Å². The molecule has 0 amide bonds. The Morgan fingerprint density at radius 1 is 1.62 bits per heavy atom. The van der Waals surface area contributed by atoms with Crippen molar-refractivity contribution in [1.29, 1.82) is 0 Å². The van der Waals surface area contributed by atoms with Gasteiger partial charge in [0, 0.05) is 12.4 Å². The first-order chi connectivity index (χ1) is 7.61.